The molecule has 8 rings (SSSR count). The van der Waals surface area contributed by atoms with Crippen LogP contribution in [-0.2, 0) is 24.4 Å². The number of hydrogen-bond acceptors (Lipinski definition) is 10. The van der Waals surface area contributed by atoms with Crippen LogP contribution in [0.5, 0.6) is 11.5 Å². The predicted octanol–water partition coefficient (Wildman–Crippen LogP) is 6.65. The Bertz CT molecular complexity index is 2110. The Balaban J connectivity index is 1.11. The second-order valence-electron chi connectivity index (χ2n) is 17.2. The monoisotopic (exact) mass is 805 g/mol. The number of sulfonamides is 1. The van der Waals surface area contributed by atoms with E-state index in [-0.39, 0.29) is 24.2 Å². The van der Waals surface area contributed by atoms with Crippen molar-refractivity contribution in [3.8, 4) is 22.9 Å². The maximum atomic E-state index is 14.5. The highest BCUT2D eigenvalue weighted by Crippen LogP contribution is 2.51. The largest absolute Gasteiger partial charge is 0.496 e. The fourth-order valence-electron chi connectivity index (χ4n) is 9.62. The Morgan fingerprint density at radius 3 is 2.45 bits per heavy atom. The highest BCUT2D eigenvalue weighted by molar-refractivity contribution is 7.91. The van der Waals surface area contributed by atoms with E-state index in [4.69, 9.17) is 19.4 Å². The number of carbonyl (C=O) groups is 3. The summed E-state index contributed by atoms with van der Waals surface area (Å²) in [6, 6.07) is 5.76. The summed E-state index contributed by atoms with van der Waals surface area (Å²) in [4.78, 5) is 54.4. The first kappa shape index (κ1) is 39.1. The zero-order valence-electron chi connectivity index (χ0n) is 33.0. The van der Waals surface area contributed by atoms with Gasteiger partial charge in [-0.1, -0.05) is 45.4 Å². The molecule has 4 saturated carbocycles. The van der Waals surface area contributed by atoms with E-state index in [1.807, 2.05) is 25.1 Å². The highest BCUT2D eigenvalue weighted by Gasteiger charge is 2.64. The lowest BCUT2D eigenvalue weighted by molar-refractivity contribution is -0.140. The Labute approximate surface area is 334 Å². The van der Waals surface area contributed by atoms with Gasteiger partial charge in [0.2, 0.25) is 21.8 Å². The van der Waals surface area contributed by atoms with Gasteiger partial charge in [-0.2, -0.15) is 0 Å². The molecule has 1 aromatic carbocycles. The predicted molar refractivity (Wildman–Crippen MR) is 215 cm³/mol. The molecule has 14 heteroatoms. The van der Waals surface area contributed by atoms with Crippen molar-refractivity contribution in [2.45, 2.75) is 127 Å². The number of aryl methyl sites for hydroxylation is 1. The van der Waals surface area contributed by atoms with Crippen LogP contribution in [0.2, 0.25) is 0 Å². The number of hydrogen-bond donors (Lipinski definition) is 2. The lowest BCUT2D eigenvalue weighted by Crippen LogP contribution is -2.55. The molecule has 0 spiro atoms. The van der Waals surface area contributed by atoms with Crippen LogP contribution < -0.4 is 19.5 Å². The van der Waals surface area contributed by atoms with Gasteiger partial charge in [-0.3, -0.25) is 19.1 Å². The van der Waals surface area contributed by atoms with Crippen molar-refractivity contribution < 1.29 is 32.3 Å². The normalized spacial score (nSPS) is 29.2. The van der Waals surface area contributed by atoms with Crippen LogP contribution in [0.4, 0.5) is 0 Å². The van der Waals surface area contributed by atoms with Crippen molar-refractivity contribution >= 4 is 50.0 Å². The average Bonchev–Trinajstić information content (AvgIpc) is 4.08. The van der Waals surface area contributed by atoms with Gasteiger partial charge in [-0.15, -0.1) is 11.3 Å². The summed E-state index contributed by atoms with van der Waals surface area (Å²) < 4.78 is 40.7. The fraction of sp³-hybridized carbons (Fsp3) is 0.643. The number of nitrogens with one attached hydrogen (secondary N) is 2. The third-order valence-electron chi connectivity index (χ3n) is 13.3. The van der Waals surface area contributed by atoms with Crippen molar-refractivity contribution in [3.63, 3.8) is 0 Å². The molecule has 5 fully saturated rings. The lowest BCUT2D eigenvalue weighted by atomic mass is 9.90. The van der Waals surface area contributed by atoms with Gasteiger partial charge >= 0.3 is 0 Å². The summed E-state index contributed by atoms with van der Waals surface area (Å²) >= 11 is 1.68. The van der Waals surface area contributed by atoms with Crippen molar-refractivity contribution in [1.82, 2.24) is 24.9 Å². The van der Waals surface area contributed by atoms with Gasteiger partial charge in [-0.25, -0.2) is 18.4 Å². The van der Waals surface area contributed by atoms with Crippen LogP contribution in [0.25, 0.3) is 22.3 Å². The maximum absolute atomic E-state index is 14.5. The molecule has 3 heterocycles. The van der Waals surface area contributed by atoms with Crippen LogP contribution in [0.3, 0.4) is 0 Å². The minimum atomic E-state index is -3.82. The first-order valence-electron chi connectivity index (χ1n) is 20.6. The number of pyridine rings is 1. The molecule has 1 saturated heterocycles. The molecule has 5 aliphatic rings. The number of fused-ring (bicyclic) bond motifs is 3. The molecule has 56 heavy (non-hydrogen) atoms. The summed E-state index contributed by atoms with van der Waals surface area (Å²) in [7, 11) is -0.390. The SMILES string of the molecule is COc1ccc2c(O[C@@H]3C[C@H]4C(=O)N[C@]5(C(=O)NS(=O)(=O)C6CC6)C[C@@H]5C(C)CCCCCN(C)C(=O)[C@@H]4C3)cc(-c3csc(C4CCCCC4)n3)nc2c1C. The molecule has 6 atom stereocenters. The van der Waals surface area contributed by atoms with E-state index in [2.05, 4.69) is 22.3 Å². The minimum Gasteiger partial charge on any atom is -0.496 e. The van der Waals surface area contributed by atoms with Gasteiger partial charge in [0.05, 0.1) is 46.1 Å². The Morgan fingerprint density at radius 2 is 1.70 bits per heavy atom. The molecule has 0 radical (unpaired) electrons. The topological polar surface area (TPSA) is 157 Å². The summed E-state index contributed by atoms with van der Waals surface area (Å²) in [5, 5.41) is 6.50. The molecule has 3 aromatic rings. The summed E-state index contributed by atoms with van der Waals surface area (Å²) in [6.45, 7) is 4.65. The van der Waals surface area contributed by atoms with E-state index in [1.54, 1.807) is 30.4 Å². The number of carbonyl (C=O) groups excluding carboxylic acids is 3. The summed E-state index contributed by atoms with van der Waals surface area (Å²) in [6.07, 6.45) is 11.0. The van der Waals surface area contributed by atoms with Crippen molar-refractivity contribution in [2.75, 3.05) is 20.7 Å². The lowest BCUT2D eigenvalue weighted by Gasteiger charge is -2.28. The van der Waals surface area contributed by atoms with E-state index < -0.39 is 50.6 Å². The van der Waals surface area contributed by atoms with E-state index in [0.29, 0.717) is 55.3 Å². The maximum Gasteiger partial charge on any atom is 0.259 e. The molecule has 12 nitrogen and oxygen atoms in total. The number of benzene rings is 1. The van der Waals surface area contributed by atoms with E-state index in [1.165, 1.54) is 19.3 Å². The number of thiazole rings is 1. The summed E-state index contributed by atoms with van der Waals surface area (Å²) in [5.74, 6) is -0.964. The Morgan fingerprint density at radius 1 is 0.964 bits per heavy atom. The number of methoxy groups -OCH3 is 1. The fourth-order valence-corrected chi connectivity index (χ4v) is 12.0. The molecule has 0 bridgehead atoms. The number of amides is 3. The quantitative estimate of drug-likeness (QED) is 0.255. The van der Waals surface area contributed by atoms with Gasteiger partial charge < -0.3 is 19.7 Å². The van der Waals surface area contributed by atoms with E-state index in [0.717, 1.165) is 65.7 Å². The Kier molecular flexibility index (Phi) is 10.8. The zero-order valence-corrected chi connectivity index (χ0v) is 34.6. The number of rotatable bonds is 8. The second kappa shape index (κ2) is 15.5. The van der Waals surface area contributed by atoms with E-state index >= 15 is 0 Å². The van der Waals surface area contributed by atoms with Crippen LogP contribution in [0.15, 0.2) is 23.6 Å². The van der Waals surface area contributed by atoms with E-state index in [9.17, 15) is 22.8 Å². The van der Waals surface area contributed by atoms with Gasteiger partial charge in [0.15, 0.2) is 0 Å². The van der Waals surface area contributed by atoms with Crippen LogP contribution >= 0.6 is 11.3 Å². The standard InChI is InChI=1S/C42H55N5O7S2/c1-24-11-7-6-10-18-47(3)40(49)31-20-27(19-30(31)38(48)45-42(22-32(24)42)41(50)46-56(51,52)28-14-15-28)54-36-21-33(43-37-25(2)35(53-4)17-16-29(36)37)34-23-55-39(44-34)26-12-8-5-9-13-26/h16-17,21,23-24,26-28,30-32H,5-15,18-20,22H2,1-4H3,(H,45,48)(H,46,50)/t24?,27-,30-,31-,32-,42-/m1/s1. The molecular weight excluding hydrogens is 751 g/mol. The smallest absolute Gasteiger partial charge is 0.259 e. The first-order valence-corrected chi connectivity index (χ1v) is 23.0. The molecule has 3 amide bonds. The molecule has 4 aliphatic carbocycles. The van der Waals surface area contributed by atoms with Crippen LogP contribution in [0.1, 0.15) is 113 Å². The highest BCUT2D eigenvalue weighted by atomic mass is 32.2. The molecule has 1 unspecified atom stereocenters. The van der Waals surface area contributed by atoms with Crippen LogP contribution in [0, 0.1) is 30.6 Å². The molecule has 2 aromatic heterocycles. The number of aromatic nitrogens is 2. The second-order valence-corrected chi connectivity index (χ2v) is 20.0. The first-order chi connectivity index (χ1) is 26.9. The zero-order chi connectivity index (χ0) is 39.4. The third-order valence-corrected chi connectivity index (χ3v) is 16.1. The number of ether oxygens (including phenoxy) is 2. The van der Waals surface area contributed by atoms with Crippen LogP contribution in [-0.4, -0.2) is 78.6 Å². The van der Waals surface area contributed by atoms with Gasteiger partial charge in [0, 0.05) is 41.9 Å². The van der Waals surface area contributed by atoms with Gasteiger partial charge in [-0.05, 0) is 82.3 Å². The van der Waals surface area contributed by atoms with Gasteiger partial charge in [0.1, 0.15) is 23.1 Å². The van der Waals surface area contributed by atoms with Crippen molar-refractivity contribution in [2.24, 2.45) is 23.7 Å². The molecule has 1 aliphatic heterocycles. The number of nitrogens with zero attached hydrogens (tertiary/aromatic N) is 3. The average molecular weight is 806 g/mol. The minimum absolute atomic E-state index is 0.107. The molecule has 302 valence electrons. The van der Waals surface area contributed by atoms with Crippen molar-refractivity contribution in [1.29, 1.82) is 0 Å². The molecular formula is C42H55N5O7S2. The van der Waals surface area contributed by atoms with Crippen molar-refractivity contribution in [3.05, 3.63) is 34.2 Å². The molecule has 2 N–H and O–H groups in total. The third kappa shape index (κ3) is 7.64. The van der Waals surface area contributed by atoms with Gasteiger partial charge in [0.25, 0.3) is 5.91 Å². The summed E-state index contributed by atoms with van der Waals surface area (Å²) in [5.41, 5.74) is 1.75. The Hall–Kier alpha value is -3.78.